The lowest BCUT2D eigenvalue weighted by molar-refractivity contribution is -0.161. The van der Waals surface area contributed by atoms with Crippen molar-refractivity contribution in [1.29, 1.82) is 0 Å². The summed E-state index contributed by atoms with van der Waals surface area (Å²) >= 11 is 0. The summed E-state index contributed by atoms with van der Waals surface area (Å²) in [6, 6.07) is 0. The van der Waals surface area contributed by atoms with Crippen molar-refractivity contribution in [2.75, 3.05) is 39.6 Å². The van der Waals surface area contributed by atoms with Gasteiger partial charge in [0, 0.05) is 25.7 Å². The van der Waals surface area contributed by atoms with Crippen molar-refractivity contribution in [3.63, 3.8) is 0 Å². The van der Waals surface area contributed by atoms with Crippen LogP contribution in [0.2, 0.25) is 0 Å². The van der Waals surface area contributed by atoms with Crippen molar-refractivity contribution >= 4 is 39.5 Å². The van der Waals surface area contributed by atoms with Gasteiger partial charge in [-0.3, -0.25) is 37.3 Å². The van der Waals surface area contributed by atoms with Crippen molar-refractivity contribution in [3.8, 4) is 0 Å². The third-order valence-electron chi connectivity index (χ3n) is 19.6. The summed E-state index contributed by atoms with van der Waals surface area (Å²) in [6.07, 6.45) is 71.7. The first-order valence-corrected chi connectivity index (χ1v) is 46.8. The monoisotopic (exact) mass is 1530 g/mol. The summed E-state index contributed by atoms with van der Waals surface area (Å²) in [5.41, 5.74) is 0. The Morgan fingerprint density at radius 3 is 0.781 bits per heavy atom. The van der Waals surface area contributed by atoms with Gasteiger partial charge in [-0.1, -0.05) is 380 Å². The zero-order chi connectivity index (χ0) is 77.1. The Morgan fingerprint density at radius 2 is 0.514 bits per heavy atom. The van der Waals surface area contributed by atoms with Crippen molar-refractivity contribution in [2.45, 2.75) is 452 Å². The first-order valence-electron chi connectivity index (χ1n) is 43.8. The van der Waals surface area contributed by atoms with E-state index >= 15 is 0 Å². The Bertz CT molecular complexity index is 2110. The average molecular weight is 1530 g/mol. The Morgan fingerprint density at radius 1 is 0.295 bits per heavy atom. The second-order valence-electron chi connectivity index (χ2n) is 31.2. The van der Waals surface area contributed by atoms with E-state index in [1.54, 1.807) is 0 Å². The molecule has 0 heterocycles. The van der Waals surface area contributed by atoms with Gasteiger partial charge in [-0.25, -0.2) is 9.13 Å². The van der Waals surface area contributed by atoms with E-state index in [1.165, 1.54) is 231 Å². The molecule has 0 saturated carbocycles. The second-order valence-corrected chi connectivity index (χ2v) is 34.1. The molecule has 0 fully saturated rings. The van der Waals surface area contributed by atoms with E-state index in [0.29, 0.717) is 25.7 Å². The van der Waals surface area contributed by atoms with E-state index in [1.807, 2.05) is 0 Å². The molecule has 0 bridgehead atoms. The molecule has 0 aliphatic carbocycles. The molecule has 105 heavy (non-hydrogen) atoms. The van der Waals surface area contributed by atoms with Crippen LogP contribution in [-0.2, 0) is 65.4 Å². The number of esters is 4. The van der Waals surface area contributed by atoms with Crippen LogP contribution in [0.15, 0.2) is 24.3 Å². The predicted molar refractivity (Wildman–Crippen MR) is 432 cm³/mol. The summed E-state index contributed by atoms with van der Waals surface area (Å²) < 4.78 is 68.8. The number of phosphoric ester groups is 2. The van der Waals surface area contributed by atoms with Crippen LogP contribution in [-0.4, -0.2) is 96.7 Å². The van der Waals surface area contributed by atoms with Gasteiger partial charge in [-0.15, -0.1) is 0 Å². The molecular formula is C86H164O17P2. The van der Waals surface area contributed by atoms with E-state index in [2.05, 4.69) is 65.8 Å². The molecule has 0 aromatic heterocycles. The molecular weight excluding hydrogens is 1370 g/mol. The molecule has 5 atom stereocenters. The molecule has 0 amide bonds. The topological polar surface area (TPSA) is 237 Å². The molecule has 0 rings (SSSR count). The number of carbonyl (C=O) groups excluding carboxylic acids is 4. The normalized spacial score (nSPS) is 14.0. The molecule has 19 heteroatoms. The van der Waals surface area contributed by atoms with Crippen molar-refractivity contribution in [1.82, 2.24) is 0 Å². The van der Waals surface area contributed by atoms with Gasteiger partial charge in [-0.05, 0) is 63.2 Å². The van der Waals surface area contributed by atoms with E-state index < -0.39 is 97.5 Å². The van der Waals surface area contributed by atoms with Gasteiger partial charge in [0.05, 0.1) is 26.4 Å². The summed E-state index contributed by atoms with van der Waals surface area (Å²) in [5, 5.41) is 10.7. The minimum atomic E-state index is -4.97. The standard InChI is InChI=1S/C86H164O17P2/c1-7-9-11-13-15-17-19-21-23-24-25-26-27-33-37-41-45-53-59-65-71-85(90)102-81(74-96-83(88)68-62-56-50-43-39-35-32-29-28-31-34-38-42-48-54-60-66-78(3)4)76-100-104(92,93)98-72-80(87)73-99-105(94,95)101-77-82(75-97-84(89)69-63-57-51-47-46-49-55-61-67-79(5)6)103-86(91)70-64-58-52-44-40-36-30-22-20-18-16-14-12-10-8-2/h18,20,22,30,78-82,87H,7-17,19,21,23-29,31-77H2,1-6H3,(H,92,93)(H,94,95)/b20-18-,30-22-/t80-,81-,82-/m1/s1. The first-order chi connectivity index (χ1) is 50.9. The van der Waals surface area contributed by atoms with Crippen LogP contribution in [0.3, 0.4) is 0 Å². The third kappa shape index (κ3) is 79.4. The number of ether oxygens (including phenoxy) is 4. The maximum atomic E-state index is 13.1. The molecule has 0 aliphatic rings. The van der Waals surface area contributed by atoms with Crippen LogP contribution < -0.4 is 0 Å². The van der Waals surface area contributed by atoms with Crippen LogP contribution >= 0.6 is 15.6 Å². The number of carbonyl (C=O) groups is 4. The lowest BCUT2D eigenvalue weighted by Gasteiger charge is -2.21. The molecule has 0 radical (unpaired) electrons. The van der Waals surface area contributed by atoms with E-state index in [0.717, 1.165) is 121 Å². The van der Waals surface area contributed by atoms with Crippen LogP contribution in [0.25, 0.3) is 0 Å². The zero-order valence-corrected chi connectivity index (χ0v) is 70.3. The number of aliphatic hydroxyl groups excluding tert-OH is 1. The molecule has 0 aromatic rings. The molecule has 2 unspecified atom stereocenters. The summed E-state index contributed by atoms with van der Waals surface area (Å²) in [7, 11) is -9.94. The molecule has 0 saturated heterocycles. The largest absolute Gasteiger partial charge is 0.472 e. The quantitative estimate of drug-likeness (QED) is 0.0169. The number of phosphoric acid groups is 2. The molecule has 17 nitrogen and oxygen atoms in total. The molecule has 0 aliphatic heterocycles. The number of hydrogen-bond donors (Lipinski definition) is 3. The highest BCUT2D eigenvalue weighted by molar-refractivity contribution is 7.47. The van der Waals surface area contributed by atoms with Crippen LogP contribution in [0.5, 0.6) is 0 Å². The van der Waals surface area contributed by atoms with E-state index in [-0.39, 0.29) is 25.7 Å². The highest BCUT2D eigenvalue weighted by Crippen LogP contribution is 2.45. The number of allylic oxidation sites excluding steroid dienone is 4. The van der Waals surface area contributed by atoms with Gasteiger partial charge < -0.3 is 33.8 Å². The number of unbranched alkanes of at least 4 members (excludes halogenated alkanes) is 50. The first kappa shape index (κ1) is 103. The molecule has 0 aromatic carbocycles. The van der Waals surface area contributed by atoms with Crippen LogP contribution in [0.1, 0.15) is 433 Å². The fourth-order valence-electron chi connectivity index (χ4n) is 12.9. The Balaban J connectivity index is 5.27. The van der Waals surface area contributed by atoms with Crippen LogP contribution in [0, 0.1) is 11.8 Å². The summed E-state index contributed by atoms with van der Waals surface area (Å²) in [4.78, 5) is 73.2. The highest BCUT2D eigenvalue weighted by Gasteiger charge is 2.30. The second kappa shape index (κ2) is 76.9. The van der Waals surface area contributed by atoms with Crippen LogP contribution in [0.4, 0.5) is 0 Å². The summed E-state index contributed by atoms with van der Waals surface area (Å²) in [5.74, 6) is -0.599. The van der Waals surface area contributed by atoms with E-state index in [4.69, 9.17) is 37.0 Å². The molecule has 0 spiro atoms. The molecule has 3 N–H and O–H groups in total. The van der Waals surface area contributed by atoms with Gasteiger partial charge in [0.15, 0.2) is 12.2 Å². The zero-order valence-electron chi connectivity index (χ0n) is 68.5. The fraction of sp³-hybridized carbons (Fsp3) is 0.907. The predicted octanol–water partition coefficient (Wildman–Crippen LogP) is 25.8. The maximum Gasteiger partial charge on any atom is 0.472 e. The Kier molecular flexibility index (Phi) is 75.1. The minimum absolute atomic E-state index is 0.0847. The lowest BCUT2D eigenvalue weighted by atomic mass is 10.0. The van der Waals surface area contributed by atoms with Gasteiger partial charge in [0.2, 0.25) is 0 Å². The maximum absolute atomic E-state index is 13.1. The van der Waals surface area contributed by atoms with Crippen molar-refractivity contribution in [3.05, 3.63) is 24.3 Å². The Hall–Kier alpha value is -2.46. The fourth-order valence-corrected chi connectivity index (χ4v) is 14.5. The minimum Gasteiger partial charge on any atom is -0.462 e. The van der Waals surface area contributed by atoms with Gasteiger partial charge in [0.25, 0.3) is 0 Å². The third-order valence-corrected chi connectivity index (χ3v) is 21.5. The number of hydrogen-bond acceptors (Lipinski definition) is 15. The van der Waals surface area contributed by atoms with Gasteiger partial charge in [0.1, 0.15) is 19.3 Å². The SMILES string of the molecule is CCCCCC/C=C\C=C/CCCCCCCC(=O)O[C@H](COC(=O)CCCCCCCCCCC(C)C)COP(=O)(O)OC[C@H](O)COP(=O)(O)OC[C@@H](COC(=O)CCCCCCCCCCCCCCCCCCC(C)C)OC(=O)CCCCCCCCCCCCCCCCCCCCCC. The average Bonchev–Trinajstić information content (AvgIpc) is 0.931. The molecule has 620 valence electrons. The Labute approximate surface area is 643 Å². The van der Waals surface area contributed by atoms with E-state index in [9.17, 15) is 43.2 Å². The van der Waals surface area contributed by atoms with Crippen molar-refractivity contribution in [2.24, 2.45) is 11.8 Å². The highest BCUT2D eigenvalue weighted by atomic mass is 31.2. The van der Waals surface area contributed by atoms with Gasteiger partial charge >= 0.3 is 39.5 Å². The van der Waals surface area contributed by atoms with Gasteiger partial charge in [-0.2, -0.15) is 0 Å². The number of aliphatic hydroxyl groups is 1. The number of rotatable bonds is 83. The smallest absolute Gasteiger partial charge is 0.462 e. The van der Waals surface area contributed by atoms with Crippen molar-refractivity contribution < 1.29 is 80.2 Å². The lowest BCUT2D eigenvalue weighted by Crippen LogP contribution is -2.30. The summed E-state index contributed by atoms with van der Waals surface area (Å²) in [6.45, 7) is 9.59.